The Balaban J connectivity index is 3.96. The molecule has 72 valence electrons. The minimum atomic E-state index is -3.35. The quantitative estimate of drug-likeness (QED) is 0.499. The molecule has 0 aromatic rings. The summed E-state index contributed by atoms with van der Waals surface area (Å²) in [5, 5.41) is 2.24. The van der Waals surface area contributed by atoms with Gasteiger partial charge in [0.25, 0.3) is 7.52 Å². The second-order valence-corrected chi connectivity index (χ2v) is 4.50. The van der Waals surface area contributed by atoms with Gasteiger partial charge in [0, 0.05) is 6.66 Å². The lowest BCUT2D eigenvalue weighted by molar-refractivity contribution is -0.144. The lowest BCUT2D eigenvalue weighted by Gasteiger charge is -2.14. The Morgan fingerprint density at radius 3 is 2.58 bits per heavy atom. The van der Waals surface area contributed by atoms with Crippen LogP contribution < -0.4 is 5.09 Å². The van der Waals surface area contributed by atoms with E-state index in [-0.39, 0.29) is 6.61 Å². The molecule has 0 aliphatic rings. The summed E-state index contributed by atoms with van der Waals surface area (Å²) < 4.78 is 15.4. The van der Waals surface area contributed by atoms with Gasteiger partial charge in [0.05, 0.1) is 6.61 Å². The zero-order valence-corrected chi connectivity index (χ0v) is 8.30. The van der Waals surface area contributed by atoms with E-state index < -0.39 is 19.5 Å². The number of hydrogen-bond donors (Lipinski definition) is 2. The second kappa shape index (κ2) is 4.60. The minimum Gasteiger partial charge on any atom is -0.465 e. The second-order valence-electron chi connectivity index (χ2n) is 2.48. The summed E-state index contributed by atoms with van der Waals surface area (Å²) >= 11 is 0. The molecule has 2 atom stereocenters. The molecular weight excluding hydrogens is 181 g/mol. The molecule has 0 saturated carbocycles. The molecule has 0 fully saturated rings. The maximum Gasteiger partial charge on any atom is 0.323 e. The van der Waals surface area contributed by atoms with Crippen molar-refractivity contribution < 1.29 is 19.0 Å². The molecule has 0 saturated heterocycles. The average Bonchev–Trinajstić information content (AvgIpc) is 1.84. The summed E-state index contributed by atoms with van der Waals surface area (Å²) in [4.78, 5) is 19.7. The maximum atomic E-state index is 10.9. The van der Waals surface area contributed by atoms with Crippen molar-refractivity contribution in [3.63, 3.8) is 0 Å². The summed E-state index contributed by atoms with van der Waals surface area (Å²) in [5.74, 6) is -0.520. The largest absolute Gasteiger partial charge is 0.465 e. The minimum absolute atomic E-state index is 0.268. The summed E-state index contributed by atoms with van der Waals surface area (Å²) in [6, 6.07) is -0.745. The molecular formula is C6H14NO4P. The first-order valence-electron chi connectivity index (χ1n) is 3.61. The highest BCUT2D eigenvalue weighted by molar-refractivity contribution is 7.55. The van der Waals surface area contributed by atoms with Crippen molar-refractivity contribution in [3.05, 3.63) is 0 Å². The van der Waals surface area contributed by atoms with Crippen molar-refractivity contribution in [2.24, 2.45) is 0 Å². The smallest absolute Gasteiger partial charge is 0.323 e. The van der Waals surface area contributed by atoms with Gasteiger partial charge in [-0.2, -0.15) is 0 Å². The molecule has 12 heavy (non-hydrogen) atoms. The molecule has 2 N–H and O–H groups in total. The lowest BCUT2D eigenvalue weighted by Crippen LogP contribution is -2.32. The topological polar surface area (TPSA) is 75.6 Å². The average molecular weight is 195 g/mol. The zero-order chi connectivity index (χ0) is 9.78. The van der Waals surface area contributed by atoms with Gasteiger partial charge >= 0.3 is 5.97 Å². The van der Waals surface area contributed by atoms with E-state index in [1.54, 1.807) is 6.92 Å². The van der Waals surface area contributed by atoms with E-state index in [1.165, 1.54) is 6.92 Å². The van der Waals surface area contributed by atoms with E-state index in [1.807, 2.05) is 0 Å². The molecule has 0 aliphatic heterocycles. The van der Waals surface area contributed by atoms with E-state index >= 15 is 0 Å². The maximum absolute atomic E-state index is 10.9. The molecule has 6 heteroatoms. The van der Waals surface area contributed by atoms with Crippen LogP contribution >= 0.6 is 7.52 Å². The van der Waals surface area contributed by atoms with Gasteiger partial charge in [-0.15, -0.1) is 0 Å². The van der Waals surface area contributed by atoms with Crippen molar-refractivity contribution in [2.75, 3.05) is 13.3 Å². The fourth-order valence-corrected chi connectivity index (χ4v) is 1.50. The first-order valence-corrected chi connectivity index (χ1v) is 5.72. The van der Waals surface area contributed by atoms with Crippen LogP contribution in [0.1, 0.15) is 13.8 Å². The van der Waals surface area contributed by atoms with E-state index in [2.05, 4.69) is 9.82 Å². The van der Waals surface area contributed by atoms with Crippen LogP contribution in [-0.4, -0.2) is 30.2 Å². The van der Waals surface area contributed by atoms with Crippen LogP contribution in [-0.2, 0) is 14.1 Å². The van der Waals surface area contributed by atoms with Gasteiger partial charge in [0.2, 0.25) is 0 Å². The summed E-state index contributed by atoms with van der Waals surface area (Å²) in [7, 11) is -3.35. The molecule has 0 rings (SSSR count). The van der Waals surface area contributed by atoms with Crippen LogP contribution in [0.2, 0.25) is 0 Å². The van der Waals surface area contributed by atoms with Crippen molar-refractivity contribution in [2.45, 2.75) is 19.9 Å². The first kappa shape index (κ1) is 11.6. The van der Waals surface area contributed by atoms with Gasteiger partial charge in [-0.05, 0) is 13.8 Å². The number of carbonyl (C=O) groups is 1. The number of nitrogens with one attached hydrogen (secondary N) is 1. The monoisotopic (exact) mass is 195 g/mol. The van der Waals surface area contributed by atoms with Gasteiger partial charge in [-0.25, -0.2) is 5.09 Å². The Labute approximate surface area is 71.6 Å². The standard InChI is InChI=1S/C6H14NO4P/c1-4-11-6(8)5(2)7-12(3,9)10/h5H,4H2,1-3H3,(H2,7,9,10). The predicted octanol–water partition coefficient (Wildman–Crippen LogP) is 0.343. The molecule has 0 spiro atoms. The highest BCUT2D eigenvalue weighted by Gasteiger charge is 2.20. The molecule has 2 unspecified atom stereocenters. The lowest BCUT2D eigenvalue weighted by atomic mass is 10.4. The zero-order valence-electron chi connectivity index (χ0n) is 7.40. The Morgan fingerprint density at radius 2 is 2.25 bits per heavy atom. The van der Waals surface area contributed by atoms with E-state index in [9.17, 15) is 9.36 Å². The number of carbonyl (C=O) groups excluding carboxylic acids is 1. The fraction of sp³-hybridized carbons (Fsp3) is 0.833. The molecule has 0 heterocycles. The van der Waals surface area contributed by atoms with Gasteiger partial charge in [0.1, 0.15) is 6.04 Å². The fourth-order valence-electron chi connectivity index (χ4n) is 0.679. The Kier molecular flexibility index (Phi) is 4.45. The number of rotatable bonds is 4. The third kappa shape index (κ3) is 5.29. The van der Waals surface area contributed by atoms with Gasteiger partial charge in [-0.3, -0.25) is 9.36 Å². The van der Waals surface area contributed by atoms with Crippen LogP contribution in [0.25, 0.3) is 0 Å². The van der Waals surface area contributed by atoms with Gasteiger partial charge in [0.15, 0.2) is 0 Å². The Morgan fingerprint density at radius 1 is 1.75 bits per heavy atom. The number of esters is 1. The number of ether oxygens (including phenoxy) is 1. The van der Waals surface area contributed by atoms with Gasteiger partial charge < -0.3 is 9.63 Å². The van der Waals surface area contributed by atoms with Crippen LogP contribution in [0.4, 0.5) is 0 Å². The molecule has 0 amide bonds. The third-order valence-electron chi connectivity index (χ3n) is 1.07. The molecule has 0 aromatic carbocycles. The molecule has 0 aromatic heterocycles. The Bertz CT molecular complexity index is 200. The third-order valence-corrected chi connectivity index (χ3v) is 1.94. The first-order chi connectivity index (χ1) is 5.37. The van der Waals surface area contributed by atoms with Crippen molar-refractivity contribution in [3.8, 4) is 0 Å². The predicted molar refractivity (Wildman–Crippen MR) is 45.0 cm³/mol. The van der Waals surface area contributed by atoms with Gasteiger partial charge in [-0.1, -0.05) is 0 Å². The number of hydrogen-bond acceptors (Lipinski definition) is 3. The van der Waals surface area contributed by atoms with E-state index in [4.69, 9.17) is 4.89 Å². The summed E-state index contributed by atoms with van der Waals surface area (Å²) in [6.45, 7) is 4.55. The van der Waals surface area contributed by atoms with Crippen molar-refractivity contribution in [1.29, 1.82) is 0 Å². The van der Waals surface area contributed by atoms with Crippen LogP contribution in [0.5, 0.6) is 0 Å². The van der Waals surface area contributed by atoms with E-state index in [0.29, 0.717) is 0 Å². The van der Waals surface area contributed by atoms with Crippen LogP contribution in [0, 0.1) is 0 Å². The molecule has 0 aliphatic carbocycles. The van der Waals surface area contributed by atoms with Crippen molar-refractivity contribution >= 4 is 13.5 Å². The highest BCUT2D eigenvalue weighted by Crippen LogP contribution is 2.29. The molecule has 5 nitrogen and oxygen atoms in total. The summed E-state index contributed by atoms with van der Waals surface area (Å²) in [5.41, 5.74) is 0. The molecule has 0 radical (unpaired) electrons. The Hall–Kier alpha value is -0.380. The van der Waals surface area contributed by atoms with Crippen LogP contribution in [0.15, 0.2) is 0 Å². The van der Waals surface area contributed by atoms with E-state index in [0.717, 1.165) is 6.66 Å². The highest BCUT2D eigenvalue weighted by atomic mass is 31.2. The van der Waals surface area contributed by atoms with Crippen molar-refractivity contribution in [1.82, 2.24) is 5.09 Å². The normalized spacial score (nSPS) is 18.0. The summed E-state index contributed by atoms with van der Waals surface area (Å²) in [6.07, 6.45) is 0. The molecule has 0 bridgehead atoms. The van der Waals surface area contributed by atoms with Crippen LogP contribution in [0.3, 0.4) is 0 Å². The SMILES string of the molecule is CCOC(=O)C(C)NP(C)(=O)O.